The highest BCUT2D eigenvalue weighted by atomic mass is 16.5. The van der Waals surface area contributed by atoms with E-state index in [-0.39, 0.29) is 12.1 Å². The monoisotopic (exact) mass is 228 g/mol. The van der Waals surface area contributed by atoms with Gasteiger partial charge in [-0.25, -0.2) is 0 Å². The van der Waals surface area contributed by atoms with Crippen LogP contribution in [0.1, 0.15) is 51.9 Å². The van der Waals surface area contributed by atoms with E-state index in [0.29, 0.717) is 18.9 Å². The number of rotatable bonds is 6. The second kappa shape index (κ2) is 7.66. The van der Waals surface area contributed by atoms with Crippen LogP contribution in [0, 0.1) is 5.92 Å². The molecule has 1 saturated carbocycles. The number of carbonyl (C=O) groups is 1. The molecule has 16 heavy (non-hydrogen) atoms. The number of ether oxygens (including phenoxy) is 2. The molecule has 0 heterocycles. The van der Waals surface area contributed by atoms with Gasteiger partial charge in [0.15, 0.2) is 0 Å². The predicted molar refractivity (Wildman–Crippen MR) is 63.2 cm³/mol. The number of methoxy groups -OCH3 is 1. The molecule has 1 rings (SSSR count). The van der Waals surface area contributed by atoms with Gasteiger partial charge in [0.1, 0.15) is 6.10 Å². The third-order valence-corrected chi connectivity index (χ3v) is 3.38. The standard InChI is InChI=1S/C13H24O3/c1-3-11-7-4-5-8-12(11)16-13(14)9-6-10-15-2/h11-12H,3-10H2,1-2H3/t11-,12-/m0/s1. The van der Waals surface area contributed by atoms with Crippen LogP contribution in [0.2, 0.25) is 0 Å². The fourth-order valence-electron chi connectivity index (χ4n) is 2.38. The maximum atomic E-state index is 11.6. The van der Waals surface area contributed by atoms with Crippen molar-refractivity contribution in [3.8, 4) is 0 Å². The van der Waals surface area contributed by atoms with Crippen molar-refractivity contribution in [2.24, 2.45) is 5.92 Å². The van der Waals surface area contributed by atoms with E-state index in [0.717, 1.165) is 19.3 Å². The van der Waals surface area contributed by atoms with Gasteiger partial charge in [0.25, 0.3) is 0 Å². The Kier molecular flexibility index (Phi) is 6.46. The molecule has 94 valence electrons. The van der Waals surface area contributed by atoms with E-state index in [1.807, 2.05) is 0 Å². The van der Waals surface area contributed by atoms with Crippen LogP contribution in [0.5, 0.6) is 0 Å². The normalized spacial score (nSPS) is 25.4. The number of hydrogen-bond donors (Lipinski definition) is 0. The first-order valence-electron chi connectivity index (χ1n) is 6.46. The Bertz CT molecular complexity index is 203. The van der Waals surface area contributed by atoms with Crippen molar-refractivity contribution >= 4 is 5.97 Å². The van der Waals surface area contributed by atoms with Crippen LogP contribution in [0.3, 0.4) is 0 Å². The molecule has 0 aromatic heterocycles. The molecule has 0 spiro atoms. The van der Waals surface area contributed by atoms with Crippen LogP contribution in [0.25, 0.3) is 0 Å². The molecule has 0 unspecified atom stereocenters. The Balaban J connectivity index is 2.25. The van der Waals surface area contributed by atoms with Gasteiger partial charge in [0.2, 0.25) is 0 Å². The zero-order valence-electron chi connectivity index (χ0n) is 10.5. The summed E-state index contributed by atoms with van der Waals surface area (Å²) in [6, 6.07) is 0. The minimum absolute atomic E-state index is 0.0533. The first kappa shape index (κ1) is 13.5. The van der Waals surface area contributed by atoms with Crippen molar-refractivity contribution in [3.05, 3.63) is 0 Å². The van der Waals surface area contributed by atoms with E-state index in [1.54, 1.807) is 7.11 Å². The number of esters is 1. The first-order chi connectivity index (χ1) is 7.77. The van der Waals surface area contributed by atoms with Crippen molar-refractivity contribution < 1.29 is 14.3 Å². The molecule has 0 aromatic carbocycles. The summed E-state index contributed by atoms with van der Waals surface area (Å²) in [5.74, 6) is 0.530. The van der Waals surface area contributed by atoms with Crippen LogP contribution in [-0.2, 0) is 14.3 Å². The molecule has 3 heteroatoms. The summed E-state index contributed by atoms with van der Waals surface area (Å²) in [5.41, 5.74) is 0. The molecule has 0 N–H and O–H groups in total. The smallest absolute Gasteiger partial charge is 0.306 e. The second-order valence-electron chi connectivity index (χ2n) is 4.58. The molecule has 2 atom stereocenters. The minimum atomic E-state index is -0.0533. The summed E-state index contributed by atoms with van der Waals surface area (Å²) in [5, 5.41) is 0. The zero-order valence-corrected chi connectivity index (χ0v) is 10.5. The Morgan fingerprint density at radius 1 is 1.31 bits per heavy atom. The summed E-state index contributed by atoms with van der Waals surface area (Å²) >= 11 is 0. The third kappa shape index (κ3) is 4.52. The van der Waals surface area contributed by atoms with Crippen LogP contribution in [0.4, 0.5) is 0 Å². The van der Waals surface area contributed by atoms with E-state index < -0.39 is 0 Å². The summed E-state index contributed by atoms with van der Waals surface area (Å²) in [6.07, 6.45) is 7.30. The molecule has 0 radical (unpaired) electrons. The maximum Gasteiger partial charge on any atom is 0.306 e. The van der Waals surface area contributed by atoms with E-state index in [2.05, 4.69) is 6.92 Å². The van der Waals surface area contributed by atoms with Gasteiger partial charge in [-0.1, -0.05) is 13.3 Å². The summed E-state index contributed by atoms with van der Waals surface area (Å²) in [4.78, 5) is 11.6. The van der Waals surface area contributed by atoms with Gasteiger partial charge >= 0.3 is 5.97 Å². The molecule has 0 saturated heterocycles. The molecule has 0 amide bonds. The topological polar surface area (TPSA) is 35.5 Å². The van der Waals surface area contributed by atoms with Gasteiger partial charge in [-0.3, -0.25) is 4.79 Å². The van der Waals surface area contributed by atoms with E-state index in [9.17, 15) is 4.79 Å². The third-order valence-electron chi connectivity index (χ3n) is 3.38. The van der Waals surface area contributed by atoms with Crippen molar-refractivity contribution in [2.45, 2.75) is 58.0 Å². The Morgan fingerprint density at radius 2 is 2.06 bits per heavy atom. The van der Waals surface area contributed by atoms with Crippen LogP contribution >= 0.6 is 0 Å². The van der Waals surface area contributed by atoms with Gasteiger partial charge in [-0.15, -0.1) is 0 Å². The molecular formula is C13H24O3. The highest BCUT2D eigenvalue weighted by molar-refractivity contribution is 5.69. The summed E-state index contributed by atoms with van der Waals surface area (Å²) < 4.78 is 10.5. The fraction of sp³-hybridized carbons (Fsp3) is 0.923. The molecule has 1 fully saturated rings. The number of hydrogen-bond acceptors (Lipinski definition) is 3. The summed E-state index contributed by atoms with van der Waals surface area (Å²) in [7, 11) is 1.65. The van der Waals surface area contributed by atoms with Crippen molar-refractivity contribution in [2.75, 3.05) is 13.7 Å². The molecule has 0 aromatic rings. The second-order valence-corrected chi connectivity index (χ2v) is 4.58. The van der Waals surface area contributed by atoms with E-state index in [1.165, 1.54) is 19.3 Å². The predicted octanol–water partition coefficient (Wildman–Crippen LogP) is 2.93. The average molecular weight is 228 g/mol. The van der Waals surface area contributed by atoms with Gasteiger partial charge < -0.3 is 9.47 Å². The van der Waals surface area contributed by atoms with Crippen LogP contribution in [0.15, 0.2) is 0 Å². The van der Waals surface area contributed by atoms with Crippen molar-refractivity contribution in [3.63, 3.8) is 0 Å². The lowest BCUT2D eigenvalue weighted by Crippen LogP contribution is -2.29. The van der Waals surface area contributed by atoms with Gasteiger partial charge in [-0.2, -0.15) is 0 Å². The van der Waals surface area contributed by atoms with Gasteiger partial charge in [0, 0.05) is 20.1 Å². The largest absolute Gasteiger partial charge is 0.462 e. The number of carbonyl (C=O) groups excluding carboxylic acids is 1. The van der Waals surface area contributed by atoms with Gasteiger partial charge in [-0.05, 0) is 38.0 Å². The maximum absolute atomic E-state index is 11.6. The van der Waals surface area contributed by atoms with E-state index in [4.69, 9.17) is 9.47 Å². The van der Waals surface area contributed by atoms with Gasteiger partial charge in [0.05, 0.1) is 0 Å². The van der Waals surface area contributed by atoms with Crippen molar-refractivity contribution in [1.82, 2.24) is 0 Å². The molecule has 0 bridgehead atoms. The first-order valence-corrected chi connectivity index (χ1v) is 6.46. The Labute approximate surface area is 98.5 Å². The lowest BCUT2D eigenvalue weighted by Gasteiger charge is -2.30. The summed E-state index contributed by atoms with van der Waals surface area (Å²) in [6.45, 7) is 2.82. The Hall–Kier alpha value is -0.570. The molecule has 1 aliphatic rings. The SMILES string of the molecule is CC[C@H]1CCCC[C@@H]1OC(=O)CCCOC. The molecular weight excluding hydrogens is 204 g/mol. The Morgan fingerprint density at radius 3 is 2.75 bits per heavy atom. The van der Waals surface area contributed by atoms with Crippen molar-refractivity contribution in [1.29, 1.82) is 0 Å². The van der Waals surface area contributed by atoms with Crippen LogP contribution in [-0.4, -0.2) is 25.8 Å². The lowest BCUT2D eigenvalue weighted by molar-refractivity contribution is -0.154. The highest BCUT2D eigenvalue weighted by Gasteiger charge is 2.26. The minimum Gasteiger partial charge on any atom is -0.462 e. The highest BCUT2D eigenvalue weighted by Crippen LogP contribution is 2.29. The molecule has 3 nitrogen and oxygen atoms in total. The molecule has 1 aliphatic carbocycles. The molecule has 0 aliphatic heterocycles. The fourth-order valence-corrected chi connectivity index (χ4v) is 2.38. The lowest BCUT2D eigenvalue weighted by atomic mass is 9.85. The average Bonchev–Trinajstić information content (AvgIpc) is 2.30. The quantitative estimate of drug-likeness (QED) is 0.518. The van der Waals surface area contributed by atoms with Crippen LogP contribution < -0.4 is 0 Å². The van der Waals surface area contributed by atoms with E-state index >= 15 is 0 Å². The zero-order chi connectivity index (χ0) is 11.8.